The van der Waals surface area contributed by atoms with Crippen LogP contribution >= 0.6 is 0 Å². The first kappa shape index (κ1) is 15.1. The zero-order valence-corrected chi connectivity index (χ0v) is 12.7. The number of aromatic nitrogens is 2. The van der Waals surface area contributed by atoms with Crippen molar-refractivity contribution in [2.45, 2.75) is 33.4 Å². The fraction of sp³-hybridized carbons (Fsp3) is 0.375. The second-order valence-corrected chi connectivity index (χ2v) is 5.16. The van der Waals surface area contributed by atoms with Crippen LogP contribution < -0.4 is 4.90 Å². The van der Waals surface area contributed by atoms with Crippen molar-refractivity contribution in [1.82, 2.24) is 9.78 Å². The Morgan fingerprint density at radius 1 is 1.38 bits per heavy atom. The van der Waals surface area contributed by atoms with E-state index >= 15 is 0 Å². The van der Waals surface area contributed by atoms with Gasteiger partial charge in [-0.25, -0.2) is 0 Å². The van der Waals surface area contributed by atoms with Crippen molar-refractivity contribution >= 4 is 11.7 Å². The molecular weight excluding hydrogens is 266 g/mol. The molecule has 0 aliphatic heterocycles. The van der Waals surface area contributed by atoms with E-state index in [0.717, 1.165) is 23.4 Å². The summed E-state index contributed by atoms with van der Waals surface area (Å²) in [7, 11) is 0. The van der Waals surface area contributed by atoms with E-state index in [1.807, 2.05) is 60.8 Å². The third-order valence-electron chi connectivity index (χ3n) is 3.60. The summed E-state index contributed by atoms with van der Waals surface area (Å²) in [6, 6.07) is 7.85. The first-order valence-electron chi connectivity index (χ1n) is 7.08. The van der Waals surface area contributed by atoms with Crippen LogP contribution in [-0.4, -0.2) is 27.4 Å². The number of hydrogen-bond donors (Lipinski definition) is 1. The highest BCUT2D eigenvalue weighted by molar-refractivity contribution is 5.74. The fourth-order valence-electron chi connectivity index (χ4n) is 2.28. The maximum atomic E-state index is 11.2. The molecule has 1 unspecified atom stereocenters. The molecule has 2 aromatic rings. The Hall–Kier alpha value is -2.30. The average molecular weight is 287 g/mol. The van der Waals surface area contributed by atoms with Crippen LogP contribution in [0.5, 0.6) is 0 Å². The first-order chi connectivity index (χ1) is 10.0. The predicted molar refractivity (Wildman–Crippen MR) is 82.5 cm³/mol. The summed E-state index contributed by atoms with van der Waals surface area (Å²) in [6.45, 7) is 6.80. The highest BCUT2D eigenvalue weighted by Gasteiger charge is 2.20. The lowest BCUT2D eigenvalue weighted by molar-refractivity contribution is -0.135. The second kappa shape index (κ2) is 6.43. The summed E-state index contributed by atoms with van der Waals surface area (Å²) < 4.78 is 1.85. The molecule has 2 rings (SSSR count). The highest BCUT2D eigenvalue weighted by atomic mass is 16.4. The monoisotopic (exact) mass is 287 g/mol. The van der Waals surface area contributed by atoms with Gasteiger partial charge >= 0.3 is 5.97 Å². The molecule has 112 valence electrons. The summed E-state index contributed by atoms with van der Waals surface area (Å²) in [5.41, 5.74) is 3.07. The molecule has 0 fully saturated rings. The van der Waals surface area contributed by atoms with E-state index in [1.165, 1.54) is 0 Å². The van der Waals surface area contributed by atoms with Crippen molar-refractivity contribution < 1.29 is 9.90 Å². The molecule has 5 heteroatoms. The summed E-state index contributed by atoms with van der Waals surface area (Å²) in [6.07, 6.45) is 3.77. The molecule has 0 radical (unpaired) electrons. The van der Waals surface area contributed by atoms with Gasteiger partial charge in [-0.2, -0.15) is 5.10 Å². The molecule has 0 bridgehead atoms. The lowest BCUT2D eigenvalue weighted by atomic mass is 10.1. The van der Waals surface area contributed by atoms with E-state index in [1.54, 1.807) is 6.20 Å². The van der Waals surface area contributed by atoms with Gasteiger partial charge in [0.05, 0.1) is 12.2 Å². The number of carboxylic acid groups (broad SMARTS) is 1. The Balaban J connectivity index is 2.30. The summed E-state index contributed by atoms with van der Waals surface area (Å²) >= 11 is 0. The van der Waals surface area contributed by atoms with Crippen molar-refractivity contribution in [1.29, 1.82) is 0 Å². The smallest absolute Gasteiger partial charge is 0.323 e. The second-order valence-electron chi connectivity index (χ2n) is 5.16. The quantitative estimate of drug-likeness (QED) is 0.887. The van der Waals surface area contributed by atoms with Crippen LogP contribution in [0.4, 0.5) is 5.69 Å². The van der Waals surface area contributed by atoms with Crippen LogP contribution in [0.2, 0.25) is 0 Å². The van der Waals surface area contributed by atoms with Crippen molar-refractivity contribution in [3.8, 4) is 0 Å². The maximum absolute atomic E-state index is 11.2. The van der Waals surface area contributed by atoms with Gasteiger partial charge in [0, 0.05) is 24.0 Å². The van der Waals surface area contributed by atoms with Gasteiger partial charge in [0.25, 0.3) is 0 Å². The molecule has 1 atom stereocenters. The van der Waals surface area contributed by atoms with Crippen molar-refractivity contribution in [3.05, 3.63) is 47.8 Å². The lowest BCUT2D eigenvalue weighted by Gasteiger charge is -2.29. The molecular formula is C16H21N3O2. The third-order valence-corrected chi connectivity index (χ3v) is 3.60. The van der Waals surface area contributed by atoms with E-state index < -0.39 is 5.97 Å². The Morgan fingerprint density at radius 2 is 2.05 bits per heavy atom. The molecule has 1 aromatic heterocycles. The zero-order chi connectivity index (χ0) is 15.4. The Bertz CT molecular complexity index is 604. The van der Waals surface area contributed by atoms with E-state index in [4.69, 9.17) is 0 Å². The minimum Gasteiger partial charge on any atom is -0.480 e. The number of aryl methyl sites for hydroxylation is 2. The number of carbonyl (C=O) groups is 1. The molecule has 1 N–H and O–H groups in total. The zero-order valence-electron chi connectivity index (χ0n) is 12.7. The van der Waals surface area contributed by atoms with Crippen LogP contribution in [0.1, 0.15) is 31.0 Å². The molecule has 5 nitrogen and oxygen atoms in total. The largest absolute Gasteiger partial charge is 0.480 e. The third kappa shape index (κ3) is 3.62. The van der Waals surface area contributed by atoms with Gasteiger partial charge in [0.2, 0.25) is 0 Å². The number of anilines is 1. The Kier molecular flexibility index (Phi) is 4.62. The maximum Gasteiger partial charge on any atom is 0.323 e. The van der Waals surface area contributed by atoms with E-state index in [9.17, 15) is 9.90 Å². The van der Waals surface area contributed by atoms with Gasteiger partial charge in [-0.3, -0.25) is 9.48 Å². The van der Waals surface area contributed by atoms with E-state index in [-0.39, 0.29) is 12.6 Å². The van der Waals surface area contributed by atoms with E-state index in [2.05, 4.69) is 5.10 Å². The van der Waals surface area contributed by atoms with Crippen molar-refractivity contribution in [2.75, 3.05) is 11.4 Å². The van der Waals surface area contributed by atoms with Crippen LogP contribution in [0.15, 0.2) is 36.7 Å². The summed E-state index contributed by atoms with van der Waals surface area (Å²) in [5, 5.41) is 13.5. The SMILES string of the molecule is CCn1cc(C(C)N(CC(=O)O)c2ccc(C)cc2)cn1. The number of carboxylic acids is 1. The van der Waals surface area contributed by atoms with Gasteiger partial charge in [-0.15, -0.1) is 0 Å². The van der Waals surface area contributed by atoms with E-state index in [0.29, 0.717) is 0 Å². The standard InChI is InChI=1S/C16H21N3O2/c1-4-18-10-14(9-17-18)13(3)19(11-16(20)21)15-7-5-12(2)6-8-15/h5-10,13H,4,11H2,1-3H3,(H,20,21). The number of rotatable bonds is 6. The van der Waals surface area contributed by atoms with Crippen molar-refractivity contribution in [3.63, 3.8) is 0 Å². The molecule has 0 aliphatic rings. The van der Waals surface area contributed by atoms with Gasteiger partial charge < -0.3 is 10.0 Å². The molecule has 0 saturated carbocycles. The molecule has 0 saturated heterocycles. The molecule has 21 heavy (non-hydrogen) atoms. The normalized spacial score (nSPS) is 12.1. The molecule has 0 aliphatic carbocycles. The topological polar surface area (TPSA) is 58.4 Å². The first-order valence-corrected chi connectivity index (χ1v) is 7.08. The highest BCUT2D eigenvalue weighted by Crippen LogP contribution is 2.26. The predicted octanol–water partition coefficient (Wildman–Crippen LogP) is 2.86. The van der Waals surface area contributed by atoms with Crippen LogP contribution in [0.3, 0.4) is 0 Å². The molecule has 1 aromatic carbocycles. The number of aliphatic carboxylic acids is 1. The van der Waals surface area contributed by atoms with Crippen LogP contribution in [0, 0.1) is 6.92 Å². The fourth-order valence-corrected chi connectivity index (χ4v) is 2.28. The Labute approximate surface area is 124 Å². The van der Waals surface area contributed by atoms with Crippen LogP contribution in [-0.2, 0) is 11.3 Å². The Morgan fingerprint density at radius 3 is 2.57 bits per heavy atom. The molecule has 1 heterocycles. The summed E-state index contributed by atoms with van der Waals surface area (Å²) in [5.74, 6) is -0.842. The lowest BCUT2D eigenvalue weighted by Crippen LogP contribution is -2.32. The molecule has 0 amide bonds. The number of hydrogen-bond acceptors (Lipinski definition) is 3. The minimum absolute atomic E-state index is 0.0401. The molecule has 0 spiro atoms. The number of benzene rings is 1. The number of nitrogens with zero attached hydrogens (tertiary/aromatic N) is 3. The minimum atomic E-state index is -0.842. The van der Waals surface area contributed by atoms with Crippen molar-refractivity contribution in [2.24, 2.45) is 0 Å². The average Bonchev–Trinajstić information content (AvgIpc) is 2.94. The van der Waals surface area contributed by atoms with Crippen LogP contribution in [0.25, 0.3) is 0 Å². The summed E-state index contributed by atoms with van der Waals surface area (Å²) in [4.78, 5) is 13.1. The van der Waals surface area contributed by atoms with Gasteiger partial charge in [-0.05, 0) is 32.9 Å². The van der Waals surface area contributed by atoms with Gasteiger partial charge in [-0.1, -0.05) is 17.7 Å². The van der Waals surface area contributed by atoms with Gasteiger partial charge in [0.15, 0.2) is 0 Å². The van der Waals surface area contributed by atoms with Gasteiger partial charge in [0.1, 0.15) is 6.54 Å².